The highest BCUT2D eigenvalue weighted by molar-refractivity contribution is 5.86. The lowest BCUT2D eigenvalue weighted by molar-refractivity contribution is 0.389. The van der Waals surface area contributed by atoms with E-state index in [1.165, 1.54) is 11.1 Å². The molecule has 0 bridgehead atoms. The van der Waals surface area contributed by atoms with Crippen LogP contribution < -0.4 is 0 Å². The topological polar surface area (TPSA) is 65.2 Å². The smallest absolute Gasteiger partial charge is 0.128 e. The summed E-state index contributed by atoms with van der Waals surface area (Å²) in [5.41, 5.74) is 5.39. The third-order valence-corrected chi connectivity index (χ3v) is 8.13. The molecule has 0 aromatic heterocycles. The number of aliphatic imine (C=N–C) groups is 2. The van der Waals surface area contributed by atoms with Gasteiger partial charge in [0.15, 0.2) is 0 Å². The van der Waals surface area contributed by atoms with Gasteiger partial charge in [0, 0.05) is 34.7 Å². The maximum atomic E-state index is 11.2. The van der Waals surface area contributed by atoms with Crippen LogP contribution >= 0.6 is 0 Å². The predicted octanol–water partition coefficient (Wildman–Crippen LogP) is 9.14. The fourth-order valence-electron chi connectivity index (χ4n) is 5.31. The van der Waals surface area contributed by atoms with Crippen molar-refractivity contribution in [2.24, 2.45) is 9.98 Å². The van der Waals surface area contributed by atoms with E-state index in [1.54, 1.807) is 0 Å². The van der Waals surface area contributed by atoms with Gasteiger partial charge in [0.2, 0.25) is 0 Å². The highest BCUT2D eigenvalue weighted by Crippen LogP contribution is 2.39. The van der Waals surface area contributed by atoms with Crippen molar-refractivity contribution >= 4 is 12.4 Å². The van der Waals surface area contributed by atoms with Crippen molar-refractivity contribution in [3.63, 3.8) is 0 Å². The normalized spacial score (nSPS) is 19.6. The monoisotopic (exact) mass is 546 g/mol. The fraction of sp³-hybridized carbons (Fsp3) is 0.611. The summed E-state index contributed by atoms with van der Waals surface area (Å²) < 4.78 is 0. The van der Waals surface area contributed by atoms with E-state index >= 15 is 0 Å². The van der Waals surface area contributed by atoms with Gasteiger partial charge < -0.3 is 10.2 Å². The highest BCUT2D eigenvalue weighted by Gasteiger charge is 2.28. The SMILES string of the molecule is CC(C)(C)c1cc(C=NC2CCCCC2/N=C\c2cc(C(C)(C)C)cc(C(C)(C)C)c2O)c(O)c(C(C)(C)C)c1. The van der Waals surface area contributed by atoms with Crippen molar-refractivity contribution in [1.82, 2.24) is 0 Å². The molecule has 3 rings (SSSR count). The van der Waals surface area contributed by atoms with Crippen LogP contribution in [0.1, 0.15) is 142 Å². The molecular formula is C36H54N2O2. The van der Waals surface area contributed by atoms with Crippen molar-refractivity contribution in [3.05, 3.63) is 57.6 Å². The molecule has 1 aliphatic rings. The molecule has 2 aromatic carbocycles. The Bertz CT molecular complexity index is 1160. The number of aromatic hydroxyl groups is 2. The van der Waals surface area contributed by atoms with Gasteiger partial charge in [-0.2, -0.15) is 0 Å². The summed E-state index contributed by atoms with van der Waals surface area (Å²) in [7, 11) is 0. The lowest BCUT2D eigenvalue weighted by Gasteiger charge is -2.28. The highest BCUT2D eigenvalue weighted by atomic mass is 16.3. The summed E-state index contributed by atoms with van der Waals surface area (Å²) in [5, 5.41) is 22.5. The lowest BCUT2D eigenvalue weighted by Crippen LogP contribution is -2.27. The molecule has 0 saturated heterocycles. The van der Waals surface area contributed by atoms with E-state index in [0.29, 0.717) is 11.5 Å². The van der Waals surface area contributed by atoms with Gasteiger partial charge in [-0.1, -0.05) is 108 Å². The minimum Gasteiger partial charge on any atom is -0.507 e. The van der Waals surface area contributed by atoms with Crippen LogP contribution in [0.5, 0.6) is 11.5 Å². The Morgan fingerprint density at radius 3 is 1.15 bits per heavy atom. The third-order valence-electron chi connectivity index (χ3n) is 8.13. The molecule has 0 spiro atoms. The number of benzene rings is 2. The number of nitrogens with zero attached hydrogens (tertiary/aromatic N) is 2. The van der Waals surface area contributed by atoms with Crippen molar-refractivity contribution in [2.75, 3.05) is 0 Å². The Balaban J connectivity index is 2.00. The van der Waals surface area contributed by atoms with Crippen molar-refractivity contribution in [3.8, 4) is 11.5 Å². The summed E-state index contributed by atoms with van der Waals surface area (Å²) in [6.07, 6.45) is 7.90. The van der Waals surface area contributed by atoms with Crippen LogP contribution in [-0.2, 0) is 21.7 Å². The quantitative estimate of drug-likeness (QED) is 0.376. The van der Waals surface area contributed by atoms with Gasteiger partial charge in [-0.3, -0.25) is 9.98 Å². The number of phenols is 2. The fourth-order valence-corrected chi connectivity index (χ4v) is 5.31. The second kappa shape index (κ2) is 11.3. The molecule has 2 aromatic rings. The Kier molecular flexibility index (Phi) is 9.04. The first-order valence-electron chi connectivity index (χ1n) is 15.0. The zero-order valence-corrected chi connectivity index (χ0v) is 27.2. The van der Waals surface area contributed by atoms with Crippen LogP contribution in [0, 0.1) is 0 Å². The molecule has 0 heterocycles. The van der Waals surface area contributed by atoms with Crippen LogP contribution in [0.3, 0.4) is 0 Å². The predicted molar refractivity (Wildman–Crippen MR) is 172 cm³/mol. The second-order valence-corrected chi connectivity index (χ2v) is 15.9. The van der Waals surface area contributed by atoms with Crippen LogP contribution in [0.25, 0.3) is 0 Å². The van der Waals surface area contributed by atoms with E-state index in [9.17, 15) is 10.2 Å². The largest absolute Gasteiger partial charge is 0.507 e. The summed E-state index contributed by atoms with van der Waals surface area (Å²) in [5.74, 6) is 0.637. The Hall–Kier alpha value is -2.62. The second-order valence-electron chi connectivity index (χ2n) is 15.9. The number of hydrogen-bond donors (Lipinski definition) is 2. The molecule has 1 saturated carbocycles. The van der Waals surface area contributed by atoms with Crippen molar-refractivity contribution in [1.29, 1.82) is 0 Å². The standard InChI is InChI=1S/C36H54N2O2/c1-33(2,3)25-17-23(31(39)27(19-25)35(7,8)9)21-37-29-15-13-14-16-30(29)38-22-24-18-26(34(4,5)6)20-28(32(24)40)36(10,11)12/h17-22,29-30,39-40H,13-16H2,1-12H3/b37-21-,38-22?. The molecule has 0 amide bonds. The van der Waals surface area contributed by atoms with Gasteiger partial charge in [0.25, 0.3) is 0 Å². The first-order valence-corrected chi connectivity index (χ1v) is 15.0. The van der Waals surface area contributed by atoms with Gasteiger partial charge >= 0.3 is 0 Å². The number of hydrogen-bond acceptors (Lipinski definition) is 4. The number of phenolic OH excluding ortho intramolecular Hbond substituents is 2. The maximum absolute atomic E-state index is 11.2. The molecular weight excluding hydrogens is 492 g/mol. The molecule has 40 heavy (non-hydrogen) atoms. The van der Waals surface area contributed by atoms with Crippen LogP contribution in [0.2, 0.25) is 0 Å². The van der Waals surface area contributed by atoms with E-state index in [1.807, 2.05) is 12.4 Å². The third kappa shape index (κ3) is 7.56. The minimum absolute atomic E-state index is 0.0378. The molecule has 2 N–H and O–H groups in total. The van der Waals surface area contributed by atoms with Crippen molar-refractivity contribution < 1.29 is 10.2 Å². The first-order chi connectivity index (χ1) is 18.2. The Morgan fingerprint density at radius 2 is 0.875 bits per heavy atom. The summed E-state index contributed by atoms with van der Waals surface area (Å²) in [6.45, 7) is 26.0. The lowest BCUT2D eigenvalue weighted by atomic mass is 9.79. The van der Waals surface area contributed by atoms with Gasteiger partial charge in [0.05, 0.1) is 12.1 Å². The van der Waals surface area contributed by atoms with Gasteiger partial charge in [-0.25, -0.2) is 0 Å². The molecule has 2 atom stereocenters. The minimum atomic E-state index is -0.179. The van der Waals surface area contributed by atoms with E-state index in [2.05, 4.69) is 107 Å². The number of rotatable bonds is 4. The van der Waals surface area contributed by atoms with Crippen LogP contribution in [0.15, 0.2) is 34.3 Å². The van der Waals surface area contributed by atoms with Gasteiger partial charge in [-0.15, -0.1) is 0 Å². The zero-order valence-electron chi connectivity index (χ0n) is 27.2. The molecule has 1 fully saturated rings. The van der Waals surface area contributed by atoms with Gasteiger partial charge in [0.1, 0.15) is 11.5 Å². The molecule has 0 radical (unpaired) electrons. The molecule has 4 heteroatoms. The van der Waals surface area contributed by atoms with E-state index in [-0.39, 0.29) is 33.7 Å². The van der Waals surface area contributed by atoms with E-state index < -0.39 is 0 Å². The van der Waals surface area contributed by atoms with Gasteiger partial charge in [-0.05, 0) is 57.8 Å². The first kappa shape index (κ1) is 31.9. The zero-order chi connectivity index (χ0) is 30.3. The van der Waals surface area contributed by atoms with Crippen molar-refractivity contribution in [2.45, 2.75) is 143 Å². The summed E-state index contributed by atoms with van der Waals surface area (Å²) in [6, 6.07) is 8.53. The molecule has 2 unspecified atom stereocenters. The van der Waals surface area contributed by atoms with Crippen LogP contribution in [-0.4, -0.2) is 34.7 Å². The van der Waals surface area contributed by atoms with E-state index in [0.717, 1.165) is 47.9 Å². The van der Waals surface area contributed by atoms with E-state index in [4.69, 9.17) is 9.98 Å². The average molecular weight is 547 g/mol. The molecule has 0 aliphatic heterocycles. The molecule has 1 aliphatic carbocycles. The molecule has 220 valence electrons. The Morgan fingerprint density at radius 1 is 0.550 bits per heavy atom. The van der Waals surface area contributed by atoms with Crippen LogP contribution in [0.4, 0.5) is 0 Å². The average Bonchev–Trinajstić information content (AvgIpc) is 2.80. The maximum Gasteiger partial charge on any atom is 0.128 e. The molecule has 4 nitrogen and oxygen atoms in total. The summed E-state index contributed by atoms with van der Waals surface area (Å²) in [4.78, 5) is 10.1. The summed E-state index contributed by atoms with van der Waals surface area (Å²) >= 11 is 0. The Labute approximate surface area is 244 Å².